The van der Waals surface area contributed by atoms with Crippen LogP contribution in [0.2, 0.25) is 0 Å². The number of aliphatic hydroxyl groups excluding tert-OH is 1. The molecular formula is C22H34O5. The zero-order valence-corrected chi connectivity index (χ0v) is 17.5. The fourth-order valence-electron chi connectivity index (χ4n) is 3.44. The summed E-state index contributed by atoms with van der Waals surface area (Å²) in [6.45, 7) is 12.8. The summed E-state index contributed by atoms with van der Waals surface area (Å²) in [5.41, 5.74) is 0.723. The molecule has 0 fully saturated rings. The van der Waals surface area contributed by atoms with Gasteiger partial charge in [0.1, 0.15) is 12.0 Å². The number of hydrogen-bond donors (Lipinski definition) is 1. The summed E-state index contributed by atoms with van der Waals surface area (Å²) in [5, 5.41) is 9.91. The Morgan fingerprint density at radius 3 is 2.52 bits per heavy atom. The summed E-state index contributed by atoms with van der Waals surface area (Å²) >= 11 is 0. The topological polar surface area (TPSA) is 72.8 Å². The molecule has 0 aromatic carbocycles. The first-order chi connectivity index (χ1) is 12.6. The van der Waals surface area contributed by atoms with Crippen LogP contribution in [0.4, 0.5) is 0 Å². The molecule has 1 rings (SSSR count). The van der Waals surface area contributed by atoms with Gasteiger partial charge in [-0.1, -0.05) is 32.1 Å². The van der Waals surface area contributed by atoms with Crippen molar-refractivity contribution in [2.24, 2.45) is 17.3 Å². The zero-order chi connectivity index (χ0) is 20.8. The molecule has 4 atom stereocenters. The molecule has 1 aliphatic heterocycles. The molecule has 0 saturated heterocycles. The number of rotatable bonds is 3. The average Bonchev–Trinajstić information content (AvgIpc) is 2.62. The molecule has 0 spiro atoms. The van der Waals surface area contributed by atoms with Crippen LogP contribution in [-0.4, -0.2) is 36.7 Å². The highest BCUT2D eigenvalue weighted by molar-refractivity contribution is 6.01. The van der Waals surface area contributed by atoms with Gasteiger partial charge in [-0.05, 0) is 51.2 Å². The number of carbonyl (C=O) groups excluding carboxylic acids is 2. The van der Waals surface area contributed by atoms with Gasteiger partial charge in [0, 0.05) is 6.42 Å². The zero-order valence-electron chi connectivity index (χ0n) is 17.5. The van der Waals surface area contributed by atoms with Gasteiger partial charge in [0.2, 0.25) is 0 Å². The Bertz CT molecular complexity index is 631. The van der Waals surface area contributed by atoms with E-state index in [-0.39, 0.29) is 24.7 Å². The molecule has 152 valence electrons. The number of allylic oxidation sites excluding steroid dienone is 4. The van der Waals surface area contributed by atoms with Crippen LogP contribution in [0.25, 0.3) is 0 Å². The van der Waals surface area contributed by atoms with Crippen LogP contribution < -0.4 is 0 Å². The fraction of sp³-hybridized carbons (Fsp3) is 0.636. The SMILES string of the molecule is C=C1/C=C(\C)[C@H](CC)OC(=O)[C@@H](C)C(=O)C(C)(CO)C/C(OC)=C/[C@@H](C)C1. The summed E-state index contributed by atoms with van der Waals surface area (Å²) < 4.78 is 11.1. The molecule has 0 saturated carbocycles. The second kappa shape index (κ2) is 9.88. The van der Waals surface area contributed by atoms with E-state index in [4.69, 9.17) is 9.47 Å². The lowest BCUT2D eigenvalue weighted by molar-refractivity contribution is -0.157. The summed E-state index contributed by atoms with van der Waals surface area (Å²) in [5.74, 6) is -1.12. The first-order valence-corrected chi connectivity index (χ1v) is 9.54. The van der Waals surface area contributed by atoms with Crippen LogP contribution in [0, 0.1) is 17.3 Å². The fourth-order valence-corrected chi connectivity index (χ4v) is 3.44. The van der Waals surface area contributed by atoms with E-state index in [1.54, 1.807) is 14.0 Å². The van der Waals surface area contributed by atoms with E-state index < -0.39 is 23.4 Å². The molecule has 5 heteroatoms. The van der Waals surface area contributed by atoms with Crippen molar-refractivity contribution in [3.63, 3.8) is 0 Å². The van der Waals surface area contributed by atoms with Gasteiger partial charge in [0.05, 0.1) is 24.9 Å². The van der Waals surface area contributed by atoms with Crippen LogP contribution >= 0.6 is 0 Å². The summed E-state index contributed by atoms with van der Waals surface area (Å²) in [6.07, 6.45) is 5.07. The highest BCUT2D eigenvalue weighted by Crippen LogP contribution is 2.32. The summed E-state index contributed by atoms with van der Waals surface area (Å²) in [4.78, 5) is 25.6. The minimum Gasteiger partial charge on any atom is -0.501 e. The predicted octanol–water partition coefficient (Wildman–Crippen LogP) is 3.97. The Hall–Kier alpha value is -1.88. The first-order valence-electron chi connectivity index (χ1n) is 9.54. The Balaban J connectivity index is 3.38. The standard InChI is InChI=1S/C22H34O5/c1-8-19-16(4)10-14(2)9-15(3)11-18(26-7)12-22(6,13-23)20(24)17(5)21(25)27-19/h10-11,15,17,19,23H,2,8-9,12-13H2,1,3-7H3/b16-10+,18-11-/t15-,17-,19-,22?/m0/s1. The molecular weight excluding hydrogens is 344 g/mol. The lowest BCUT2D eigenvalue weighted by atomic mass is 9.77. The van der Waals surface area contributed by atoms with Gasteiger partial charge in [-0.2, -0.15) is 0 Å². The molecule has 1 unspecified atom stereocenters. The van der Waals surface area contributed by atoms with Gasteiger partial charge in [-0.15, -0.1) is 0 Å². The lowest BCUT2D eigenvalue weighted by Gasteiger charge is -2.30. The van der Waals surface area contributed by atoms with E-state index in [1.807, 2.05) is 26.0 Å². The number of carbonyl (C=O) groups is 2. The minimum absolute atomic E-state index is 0.150. The second-order valence-electron chi connectivity index (χ2n) is 7.88. The third kappa shape index (κ3) is 6.06. The number of methoxy groups -OCH3 is 1. The molecule has 1 N–H and O–H groups in total. The van der Waals surface area contributed by atoms with Crippen molar-refractivity contribution in [3.8, 4) is 0 Å². The van der Waals surface area contributed by atoms with E-state index in [1.165, 1.54) is 6.92 Å². The van der Waals surface area contributed by atoms with Gasteiger partial charge in [-0.25, -0.2) is 0 Å². The van der Waals surface area contributed by atoms with E-state index in [2.05, 4.69) is 13.5 Å². The largest absolute Gasteiger partial charge is 0.501 e. The van der Waals surface area contributed by atoms with Crippen LogP contribution in [0.1, 0.15) is 53.9 Å². The molecule has 0 bridgehead atoms. The second-order valence-corrected chi connectivity index (χ2v) is 7.88. The maximum absolute atomic E-state index is 13.0. The number of hydrogen-bond acceptors (Lipinski definition) is 5. The lowest BCUT2D eigenvalue weighted by Crippen LogP contribution is -2.40. The molecule has 0 aromatic rings. The minimum atomic E-state index is -1.12. The maximum atomic E-state index is 13.0. The molecule has 5 nitrogen and oxygen atoms in total. The first kappa shape index (κ1) is 23.2. The normalized spacial score (nSPS) is 35.4. The van der Waals surface area contributed by atoms with E-state index in [0.29, 0.717) is 12.2 Å². The molecule has 0 amide bonds. The van der Waals surface area contributed by atoms with Crippen LogP contribution in [-0.2, 0) is 19.1 Å². The molecule has 1 aliphatic rings. The van der Waals surface area contributed by atoms with Gasteiger partial charge in [0.15, 0.2) is 5.78 Å². The number of ether oxygens (including phenoxy) is 2. The highest BCUT2D eigenvalue weighted by atomic mass is 16.5. The van der Waals surface area contributed by atoms with Crippen molar-refractivity contribution >= 4 is 11.8 Å². The van der Waals surface area contributed by atoms with Gasteiger partial charge < -0.3 is 14.6 Å². The van der Waals surface area contributed by atoms with Crippen molar-refractivity contribution in [1.29, 1.82) is 0 Å². The maximum Gasteiger partial charge on any atom is 0.316 e. The monoisotopic (exact) mass is 378 g/mol. The van der Waals surface area contributed by atoms with Crippen molar-refractivity contribution in [3.05, 3.63) is 35.6 Å². The van der Waals surface area contributed by atoms with Gasteiger partial charge in [-0.3, -0.25) is 9.59 Å². The number of ketones is 1. The Kier molecular flexibility index (Phi) is 8.48. The molecule has 0 radical (unpaired) electrons. The summed E-state index contributed by atoms with van der Waals surface area (Å²) in [6, 6.07) is 0. The molecule has 0 aromatic heterocycles. The van der Waals surface area contributed by atoms with E-state index in [9.17, 15) is 14.7 Å². The van der Waals surface area contributed by atoms with Crippen molar-refractivity contribution in [2.45, 2.75) is 60.0 Å². The number of cyclic esters (lactones) is 1. The van der Waals surface area contributed by atoms with E-state index >= 15 is 0 Å². The van der Waals surface area contributed by atoms with Crippen molar-refractivity contribution in [1.82, 2.24) is 0 Å². The smallest absolute Gasteiger partial charge is 0.316 e. The van der Waals surface area contributed by atoms with Gasteiger partial charge >= 0.3 is 5.97 Å². The quantitative estimate of drug-likeness (QED) is 0.594. The van der Waals surface area contributed by atoms with E-state index in [0.717, 1.165) is 17.6 Å². The third-order valence-corrected chi connectivity index (χ3v) is 5.14. The Labute approximate surface area is 163 Å². The molecule has 1 heterocycles. The third-order valence-electron chi connectivity index (χ3n) is 5.14. The number of Topliss-reactive ketones (excluding diaryl/α,β-unsaturated/α-hetero) is 1. The predicted molar refractivity (Wildman–Crippen MR) is 106 cm³/mol. The van der Waals surface area contributed by atoms with Gasteiger partial charge in [0.25, 0.3) is 0 Å². The Morgan fingerprint density at radius 1 is 1.37 bits per heavy atom. The van der Waals surface area contributed by atoms with Crippen LogP contribution in [0.15, 0.2) is 35.6 Å². The molecule has 0 aliphatic carbocycles. The Morgan fingerprint density at radius 2 is 2.00 bits per heavy atom. The van der Waals surface area contributed by atoms with Crippen molar-refractivity contribution < 1.29 is 24.2 Å². The van der Waals surface area contributed by atoms with Crippen molar-refractivity contribution in [2.75, 3.05) is 13.7 Å². The van der Waals surface area contributed by atoms with Crippen LogP contribution in [0.3, 0.4) is 0 Å². The summed E-state index contributed by atoms with van der Waals surface area (Å²) in [7, 11) is 1.55. The number of aliphatic hydroxyl groups is 1. The number of esters is 1. The molecule has 27 heavy (non-hydrogen) atoms. The van der Waals surface area contributed by atoms with Crippen LogP contribution in [0.5, 0.6) is 0 Å². The average molecular weight is 379 g/mol. The highest BCUT2D eigenvalue weighted by Gasteiger charge is 2.40.